The Balaban J connectivity index is 1.87. The van der Waals surface area contributed by atoms with Crippen LogP contribution in [0.15, 0.2) is 42.5 Å². The van der Waals surface area contributed by atoms with Crippen molar-refractivity contribution in [1.82, 2.24) is 0 Å². The molecule has 0 atom stereocenters. The third-order valence-electron chi connectivity index (χ3n) is 4.02. The van der Waals surface area contributed by atoms with E-state index in [2.05, 4.69) is 6.07 Å². The average Bonchev–Trinajstić information content (AvgIpc) is 2.78. The molecular formula is C18H19N2O+. The van der Waals surface area contributed by atoms with E-state index in [0.717, 1.165) is 22.3 Å². The Morgan fingerprint density at radius 1 is 1.19 bits per heavy atom. The highest BCUT2D eigenvalue weighted by atomic mass is 16.1. The Hall–Kier alpha value is -2.42. The fourth-order valence-electron chi connectivity index (χ4n) is 2.81. The van der Waals surface area contributed by atoms with Gasteiger partial charge >= 0.3 is 0 Å². The Morgan fingerprint density at radius 2 is 1.95 bits per heavy atom. The predicted octanol–water partition coefficient (Wildman–Crippen LogP) is 2.42. The minimum Gasteiger partial charge on any atom is -0.290 e. The summed E-state index contributed by atoms with van der Waals surface area (Å²) in [5.41, 5.74) is 11.3. The van der Waals surface area contributed by atoms with Crippen molar-refractivity contribution >= 4 is 11.6 Å². The quantitative estimate of drug-likeness (QED) is 0.693. The molecule has 0 fully saturated rings. The summed E-state index contributed by atoms with van der Waals surface area (Å²) in [7, 11) is 0. The molecule has 0 saturated carbocycles. The van der Waals surface area contributed by atoms with Gasteiger partial charge in [-0.2, -0.15) is 0 Å². The smallest absolute Gasteiger partial charge is 0.276 e. The van der Waals surface area contributed by atoms with Gasteiger partial charge in [-0.25, -0.2) is 4.58 Å². The fraction of sp³-hybridized carbons (Fsp3) is 0.222. The topological polar surface area (TPSA) is 46.1 Å². The number of carbonyl (C=O) groups is 1. The van der Waals surface area contributed by atoms with E-state index < -0.39 is 0 Å². The number of hydrogen-bond donors (Lipinski definition) is 1. The summed E-state index contributed by atoms with van der Waals surface area (Å²) in [6.07, 6.45) is 0. The van der Waals surface area contributed by atoms with Crippen LogP contribution in [0.25, 0.3) is 0 Å². The molecule has 0 aromatic heterocycles. The lowest BCUT2D eigenvalue weighted by atomic mass is 10.0. The van der Waals surface area contributed by atoms with E-state index >= 15 is 0 Å². The second-order valence-corrected chi connectivity index (χ2v) is 5.64. The molecule has 21 heavy (non-hydrogen) atoms. The van der Waals surface area contributed by atoms with Gasteiger partial charge in [0.15, 0.2) is 0 Å². The molecule has 0 saturated heterocycles. The van der Waals surface area contributed by atoms with Crippen LogP contribution in [-0.4, -0.2) is 22.7 Å². The van der Waals surface area contributed by atoms with E-state index in [1.54, 1.807) is 0 Å². The van der Waals surface area contributed by atoms with Crippen LogP contribution in [0.1, 0.15) is 32.6 Å². The van der Waals surface area contributed by atoms with Gasteiger partial charge in [0.05, 0.1) is 5.56 Å². The summed E-state index contributed by atoms with van der Waals surface area (Å²) >= 11 is 0. The van der Waals surface area contributed by atoms with Gasteiger partial charge in [0.2, 0.25) is 5.78 Å². The lowest BCUT2D eigenvalue weighted by molar-refractivity contribution is -0.526. The van der Waals surface area contributed by atoms with Gasteiger partial charge < -0.3 is 0 Å². The van der Waals surface area contributed by atoms with Gasteiger partial charge in [0, 0.05) is 11.1 Å². The molecule has 0 amide bonds. The molecule has 3 rings (SSSR count). The number of amidine groups is 1. The Bertz CT molecular complexity index is 760. The first kappa shape index (κ1) is 13.6. The molecule has 3 heteroatoms. The molecule has 106 valence electrons. The average molecular weight is 279 g/mol. The van der Waals surface area contributed by atoms with Crippen molar-refractivity contribution in [3.8, 4) is 0 Å². The highest BCUT2D eigenvalue weighted by molar-refractivity contribution is 6.00. The van der Waals surface area contributed by atoms with E-state index in [-0.39, 0.29) is 5.78 Å². The summed E-state index contributed by atoms with van der Waals surface area (Å²) in [6, 6.07) is 14.0. The van der Waals surface area contributed by atoms with E-state index in [1.807, 2.05) is 54.8 Å². The number of nitrogens with two attached hydrogens (primary N) is 1. The van der Waals surface area contributed by atoms with Crippen molar-refractivity contribution in [3.63, 3.8) is 0 Å². The number of hydrogen-bond acceptors (Lipinski definition) is 2. The van der Waals surface area contributed by atoms with Gasteiger partial charge in [0.25, 0.3) is 5.84 Å². The first-order chi connectivity index (χ1) is 10.1. The maximum atomic E-state index is 12.6. The molecule has 0 spiro atoms. The summed E-state index contributed by atoms with van der Waals surface area (Å²) < 4.78 is 1.95. The normalized spacial score (nSPS) is 13.4. The van der Waals surface area contributed by atoms with Gasteiger partial charge in [-0.15, -0.1) is 0 Å². The number of fused-ring (bicyclic) bond motifs is 1. The third kappa shape index (κ3) is 2.47. The lowest BCUT2D eigenvalue weighted by Gasteiger charge is -2.07. The van der Waals surface area contributed by atoms with Crippen LogP contribution in [0.3, 0.4) is 0 Å². The van der Waals surface area contributed by atoms with Crippen LogP contribution in [0, 0.1) is 13.8 Å². The molecule has 0 unspecified atom stereocenters. The molecule has 1 aliphatic rings. The van der Waals surface area contributed by atoms with Crippen LogP contribution in [0.5, 0.6) is 0 Å². The molecule has 0 radical (unpaired) electrons. The number of aryl methyl sites for hydroxylation is 2. The molecular weight excluding hydrogens is 260 g/mol. The zero-order valence-electron chi connectivity index (χ0n) is 12.4. The molecule has 2 aromatic rings. The van der Waals surface area contributed by atoms with Crippen molar-refractivity contribution in [2.75, 3.05) is 6.54 Å². The number of nitrogens with zero attached hydrogens (tertiary/aromatic N) is 1. The van der Waals surface area contributed by atoms with Crippen LogP contribution >= 0.6 is 0 Å². The van der Waals surface area contributed by atoms with Crippen molar-refractivity contribution in [1.29, 1.82) is 0 Å². The maximum absolute atomic E-state index is 12.6. The van der Waals surface area contributed by atoms with E-state index in [0.29, 0.717) is 18.9 Å². The number of Topliss-reactive ketones (excluding diaryl/α,β-unsaturated/α-hetero) is 1. The molecule has 0 bridgehead atoms. The highest BCUT2D eigenvalue weighted by Gasteiger charge is 2.26. The summed E-state index contributed by atoms with van der Waals surface area (Å²) in [6.45, 7) is 5.00. The minimum absolute atomic E-state index is 0.118. The first-order valence-electron chi connectivity index (χ1n) is 7.12. The van der Waals surface area contributed by atoms with Crippen molar-refractivity contribution < 1.29 is 9.37 Å². The second kappa shape index (κ2) is 5.17. The van der Waals surface area contributed by atoms with Gasteiger partial charge in [-0.3, -0.25) is 10.5 Å². The molecule has 2 N–H and O–H groups in total. The zero-order chi connectivity index (χ0) is 15.0. The van der Waals surface area contributed by atoms with Gasteiger partial charge in [0.1, 0.15) is 13.1 Å². The van der Waals surface area contributed by atoms with Crippen molar-refractivity contribution in [2.24, 2.45) is 5.73 Å². The second-order valence-electron chi connectivity index (χ2n) is 5.64. The van der Waals surface area contributed by atoms with Crippen molar-refractivity contribution in [3.05, 3.63) is 70.3 Å². The van der Waals surface area contributed by atoms with Crippen LogP contribution in [0.4, 0.5) is 0 Å². The van der Waals surface area contributed by atoms with Crippen molar-refractivity contribution in [2.45, 2.75) is 20.4 Å². The van der Waals surface area contributed by atoms with Gasteiger partial charge in [-0.05, 0) is 31.5 Å². The molecule has 1 aliphatic heterocycles. The van der Waals surface area contributed by atoms with Crippen LogP contribution in [-0.2, 0) is 6.54 Å². The Morgan fingerprint density at radius 3 is 2.71 bits per heavy atom. The fourth-order valence-corrected chi connectivity index (χ4v) is 2.81. The van der Waals surface area contributed by atoms with Gasteiger partial charge in [-0.1, -0.05) is 35.9 Å². The van der Waals surface area contributed by atoms with Crippen LogP contribution in [0.2, 0.25) is 0 Å². The summed E-state index contributed by atoms with van der Waals surface area (Å²) in [5, 5.41) is 0. The standard InChI is InChI=1S/C18H18N2O/c1-12-7-8-13(2)16(9-12)17(21)11-20-10-14-5-3-4-6-15(14)18(20)19/h3-9,19H,10-11H2,1-2H3/p+1. The minimum atomic E-state index is 0.118. The van der Waals surface area contributed by atoms with E-state index in [1.165, 1.54) is 5.56 Å². The van der Waals surface area contributed by atoms with E-state index in [9.17, 15) is 4.79 Å². The SMILES string of the molecule is Cc1ccc(C)c(C(=O)C[N+]2=C(N)c3ccccc3C2)c1. The predicted molar refractivity (Wildman–Crippen MR) is 83.8 cm³/mol. The van der Waals surface area contributed by atoms with E-state index in [4.69, 9.17) is 5.73 Å². The molecule has 2 aromatic carbocycles. The molecule has 0 aliphatic carbocycles. The Kier molecular flexibility index (Phi) is 3.34. The highest BCUT2D eigenvalue weighted by Crippen LogP contribution is 2.17. The zero-order valence-corrected chi connectivity index (χ0v) is 12.4. The number of benzene rings is 2. The first-order valence-corrected chi connectivity index (χ1v) is 7.12. The Labute approximate surface area is 124 Å². The number of rotatable bonds is 3. The lowest BCUT2D eigenvalue weighted by Crippen LogP contribution is -2.28. The molecule has 1 heterocycles. The third-order valence-corrected chi connectivity index (χ3v) is 4.02. The monoisotopic (exact) mass is 279 g/mol. The largest absolute Gasteiger partial charge is 0.290 e. The maximum Gasteiger partial charge on any atom is 0.276 e. The summed E-state index contributed by atoms with van der Waals surface area (Å²) in [4.78, 5) is 12.6. The van der Waals surface area contributed by atoms with Crippen LogP contribution < -0.4 is 5.73 Å². The summed E-state index contributed by atoms with van der Waals surface area (Å²) in [5.74, 6) is 0.816. The molecule has 3 nitrogen and oxygen atoms in total. The number of carbonyl (C=O) groups excluding carboxylic acids is 1. The number of ketones is 1.